The predicted molar refractivity (Wildman–Crippen MR) is 84.6 cm³/mol. The minimum absolute atomic E-state index is 0.123. The van der Waals surface area contributed by atoms with Gasteiger partial charge in [-0.15, -0.1) is 0 Å². The smallest absolute Gasteiger partial charge is 0.221 e. The molecule has 2 unspecified atom stereocenters. The molecule has 0 saturated carbocycles. The summed E-state index contributed by atoms with van der Waals surface area (Å²) in [5.74, 6) is 0.525. The van der Waals surface area contributed by atoms with Crippen LogP contribution >= 0.6 is 0 Å². The SMILES string of the molecule is COc1ccc(C(C)NC(C)CCCO)cc1NC(C)=O. The number of hydrogen-bond acceptors (Lipinski definition) is 4. The van der Waals surface area contributed by atoms with Crippen molar-refractivity contribution in [1.82, 2.24) is 5.32 Å². The van der Waals surface area contributed by atoms with Gasteiger partial charge in [0.15, 0.2) is 0 Å². The Kier molecular flexibility index (Phi) is 7.19. The van der Waals surface area contributed by atoms with Crippen LogP contribution < -0.4 is 15.4 Å². The highest BCUT2D eigenvalue weighted by Crippen LogP contribution is 2.28. The highest BCUT2D eigenvalue weighted by atomic mass is 16.5. The van der Waals surface area contributed by atoms with Crippen LogP contribution in [0.1, 0.15) is 45.2 Å². The number of anilines is 1. The molecule has 0 spiro atoms. The Labute approximate surface area is 126 Å². The van der Waals surface area contributed by atoms with Crippen LogP contribution in [-0.2, 0) is 4.79 Å². The zero-order chi connectivity index (χ0) is 15.8. The predicted octanol–water partition coefficient (Wildman–Crippen LogP) is 2.47. The second kappa shape index (κ2) is 8.64. The number of carbonyl (C=O) groups excluding carboxylic acids is 1. The van der Waals surface area contributed by atoms with Crippen molar-refractivity contribution >= 4 is 11.6 Å². The summed E-state index contributed by atoms with van der Waals surface area (Å²) < 4.78 is 5.25. The number of amides is 1. The summed E-state index contributed by atoms with van der Waals surface area (Å²) in [7, 11) is 1.58. The number of ether oxygens (including phenoxy) is 1. The standard InChI is InChI=1S/C16H26N2O3/c1-11(6-5-9-19)17-12(2)14-7-8-16(21-4)15(10-14)18-13(3)20/h7-8,10-12,17,19H,5-6,9H2,1-4H3,(H,18,20). The van der Waals surface area contributed by atoms with Gasteiger partial charge in [0.2, 0.25) is 5.91 Å². The van der Waals surface area contributed by atoms with Crippen molar-refractivity contribution in [3.05, 3.63) is 23.8 Å². The van der Waals surface area contributed by atoms with Gasteiger partial charge in [-0.05, 0) is 44.4 Å². The molecule has 1 aromatic carbocycles. The van der Waals surface area contributed by atoms with Gasteiger partial charge in [-0.2, -0.15) is 0 Å². The molecule has 5 nitrogen and oxygen atoms in total. The summed E-state index contributed by atoms with van der Waals surface area (Å²) in [5, 5.41) is 15.1. The molecule has 0 aliphatic rings. The van der Waals surface area contributed by atoms with E-state index in [2.05, 4.69) is 24.5 Å². The van der Waals surface area contributed by atoms with E-state index in [9.17, 15) is 4.79 Å². The highest BCUT2D eigenvalue weighted by molar-refractivity contribution is 5.90. The van der Waals surface area contributed by atoms with Gasteiger partial charge in [-0.1, -0.05) is 6.07 Å². The largest absolute Gasteiger partial charge is 0.495 e. The normalized spacial score (nSPS) is 13.6. The number of aliphatic hydroxyl groups is 1. The molecule has 0 radical (unpaired) electrons. The molecule has 1 aromatic rings. The molecular weight excluding hydrogens is 268 g/mol. The lowest BCUT2D eigenvalue weighted by molar-refractivity contribution is -0.114. The van der Waals surface area contributed by atoms with Gasteiger partial charge < -0.3 is 20.5 Å². The third kappa shape index (κ3) is 5.73. The van der Waals surface area contributed by atoms with Gasteiger partial charge in [-0.3, -0.25) is 4.79 Å². The molecule has 0 saturated heterocycles. The minimum atomic E-state index is -0.123. The van der Waals surface area contributed by atoms with Crippen LogP contribution in [0.3, 0.4) is 0 Å². The first kappa shape index (κ1) is 17.5. The van der Waals surface area contributed by atoms with E-state index in [-0.39, 0.29) is 18.6 Å². The molecule has 0 heterocycles. The molecule has 5 heteroatoms. The fraction of sp³-hybridized carbons (Fsp3) is 0.562. The Balaban J connectivity index is 2.79. The summed E-state index contributed by atoms with van der Waals surface area (Å²) in [4.78, 5) is 11.3. The van der Waals surface area contributed by atoms with E-state index >= 15 is 0 Å². The van der Waals surface area contributed by atoms with Crippen LogP contribution in [0.4, 0.5) is 5.69 Å². The van der Waals surface area contributed by atoms with E-state index in [0.717, 1.165) is 18.4 Å². The van der Waals surface area contributed by atoms with Crippen LogP contribution in [0.5, 0.6) is 5.75 Å². The van der Waals surface area contributed by atoms with E-state index in [4.69, 9.17) is 9.84 Å². The molecule has 1 rings (SSSR count). The van der Waals surface area contributed by atoms with E-state index in [1.165, 1.54) is 6.92 Å². The first-order valence-corrected chi connectivity index (χ1v) is 7.30. The van der Waals surface area contributed by atoms with Crippen LogP contribution in [0.2, 0.25) is 0 Å². The van der Waals surface area contributed by atoms with Gasteiger partial charge in [-0.25, -0.2) is 0 Å². The quantitative estimate of drug-likeness (QED) is 0.689. The Morgan fingerprint density at radius 3 is 2.67 bits per heavy atom. The molecule has 1 amide bonds. The maximum atomic E-state index is 11.3. The maximum Gasteiger partial charge on any atom is 0.221 e. The summed E-state index contributed by atoms with van der Waals surface area (Å²) in [6, 6.07) is 6.24. The van der Waals surface area contributed by atoms with Crippen molar-refractivity contribution in [2.24, 2.45) is 0 Å². The topological polar surface area (TPSA) is 70.6 Å². The average Bonchev–Trinajstić information content (AvgIpc) is 2.44. The molecule has 118 valence electrons. The molecule has 0 aromatic heterocycles. The Morgan fingerprint density at radius 2 is 2.10 bits per heavy atom. The minimum Gasteiger partial charge on any atom is -0.495 e. The third-order valence-corrected chi connectivity index (χ3v) is 3.36. The maximum absolute atomic E-state index is 11.3. The van der Waals surface area contributed by atoms with Gasteiger partial charge in [0.05, 0.1) is 12.8 Å². The Bertz CT molecular complexity index is 463. The van der Waals surface area contributed by atoms with Gasteiger partial charge in [0.25, 0.3) is 0 Å². The number of hydrogen-bond donors (Lipinski definition) is 3. The molecule has 0 bridgehead atoms. The Hall–Kier alpha value is -1.59. The van der Waals surface area contributed by atoms with Crippen molar-refractivity contribution in [3.63, 3.8) is 0 Å². The van der Waals surface area contributed by atoms with Crippen molar-refractivity contribution in [1.29, 1.82) is 0 Å². The fourth-order valence-electron chi connectivity index (χ4n) is 2.29. The third-order valence-electron chi connectivity index (χ3n) is 3.36. The molecule has 3 N–H and O–H groups in total. The summed E-state index contributed by atoms with van der Waals surface area (Å²) in [5.41, 5.74) is 1.76. The van der Waals surface area contributed by atoms with E-state index in [1.54, 1.807) is 7.11 Å². The number of nitrogens with one attached hydrogen (secondary N) is 2. The van der Waals surface area contributed by atoms with Crippen molar-refractivity contribution < 1.29 is 14.6 Å². The number of benzene rings is 1. The summed E-state index contributed by atoms with van der Waals surface area (Å²) in [6.45, 7) is 5.87. The van der Waals surface area contributed by atoms with Gasteiger partial charge in [0, 0.05) is 25.6 Å². The van der Waals surface area contributed by atoms with Crippen molar-refractivity contribution in [2.75, 3.05) is 19.0 Å². The average molecular weight is 294 g/mol. The summed E-state index contributed by atoms with van der Waals surface area (Å²) in [6.07, 6.45) is 1.72. The van der Waals surface area contributed by atoms with E-state index in [0.29, 0.717) is 17.5 Å². The van der Waals surface area contributed by atoms with Crippen LogP contribution in [-0.4, -0.2) is 30.8 Å². The first-order valence-electron chi connectivity index (χ1n) is 7.30. The highest BCUT2D eigenvalue weighted by Gasteiger charge is 2.12. The number of methoxy groups -OCH3 is 1. The Morgan fingerprint density at radius 1 is 1.38 bits per heavy atom. The van der Waals surface area contributed by atoms with E-state index in [1.807, 2.05) is 18.2 Å². The second-order valence-electron chi connectivity index (χ2n) is 5.30. The van der Waals surface area contributed by atoms with Gasteiger partial charge in [0.1, 0.15) is 5.75 Å². The molecule has 0 aliphatic heterocycles. The molecule has 0 aliphatic carbocycles. The van der Waals surface area contributed by atoms with Crippen molar-refractivity contribution in [2.45, 2.75) is 45.7 Å². The second-order valence-corrected chi connectivity index (χ2v) is 5.30. The lowest BCUT2D eigenvalue weighted by Crippen LogP contribution is -2.29. The fourth-order valence-corrected chi connectivity index (χ4v) is 2.29. The van der Waals surface area contributed by atoms with E-state index < -0.39 is 0 Å². The lowest BCUT2D eigenvalue weighted by Gasteiger charge is -2.21. The molecule has 21 heavy (non-hydrogen) atoms. The van der Waals surface area contributed by atoms with Crippen LogP contribution in [0, 0.1) is 0 Å². The first-order chi connectivity index (χ1) is 9.97. The van der Waals surface area contributed by atoms with Crippen molar-refractivity contribution in [3.8, 4) is 5.75 Å². The lowest BCUT2D eigenvalue weighted by atomic mass is 10.0. The number of aliphatic hydroxyl groups excluding tert-OH is 1. The molecular formula is C16H26N2O3. The zero-order valence-corrected chi connectivity index (χ0v) is 13.3. The van der Waals surface area contributed by atoms with Crippen LogP contribution in [0.25, 0.3) is 0 Å². The summed E-state index contributed by atoms with van der Waals surface area (Å²) >= 11 is 0. The molecule has 2 atom stereocenters. The molecule has 0 fully saturated rings. The number of carbonyl (C=O) groups is 1. The number of rotatable bonds is 8. The van der Waals surface area contributed by atoms with Crippen LogP contribution in [0.15, 0.2) is 18.2 Å². The van der Waals surface area contributed by atoms with Gasteiger partial charge >= 0.3 is 0 Å². The monoisotopic (exact) mass is 294 g/mol. The zero-order valence-electron chi connectivity index (χ0n) is 13.3.